The Kier molecular flexibility index (Phi) is 3.63. The lowest BCUT2D eigenvalue weighted by molar-refractivity contribution is 0.281. The summed E-state index contributed by atoms with van der Waals surface area (Å²) in [5.74, 6) is 0.429. The van der Waals surface area contributed by atoms with Gasteiger partial charge < -0.3 is 9.84 Å². The van der Waals surface area contributed by atoms with Gasteiger partial charge in [-0.1, -0.05) is 18.2 Å². The highest BCUT2D eigenvalue weighted by atomic mass is 19.1. The van der Waals surface area contributed by atoms with Crippen LogP contribution in [-0.2, 0) is 6.61 Å². The molecule has 0 saturated carbocycles. The number of aryl methyl sites for hydroxylation is 2. The fourth-order valence-corrected chi connectivity index (χ4v) is 1.73. The van der Waals surface area contributed by atoms with Gasteiger partial charge in [-0.15, -0.1) is 0 Å². The normalized spacial score (nSPS) is 10.4. The van der Waals surface area contributed by atoms with Crippen LogP contribution in [0.3, 0.4) is 0 Å². The third-order valence-electron chi connectivity index (χ3n) is 2.73. The van der Waals surface area contributed by atoms with Gasteiger partial charge in [0.1, 0.15) is 5.75 Å². The maximum absolute atomic E-state index is 13.6. The standard InChI is InChI=1S/C15H15FO2/c1-10-3-5-13(16)15(7-10)18-14-6-4-12(9-17)8-11(14)2/h3-8,17H,9H2,1-2H3. The first-order chi connectivity index (χ1) is 8.60. The molecule has 18 heavy (non-hydrogen) atoms. The van der Waals surface area contributed by atoms with Gasteiger partial charge in [0, 0.05) is 0 Å². The van der Waals surface area contributed by atoms with Crippen LogP contribution in [0.2, 0.25) is 0 Å². The van der Waals surface area contributed by atoms with Crippen molar-refractivity contribution in [2.24, 2.45) is 0 Å². The second-order valence-corrected chi connectivity index (χ2v) is 4.29. The minimum atomic E-state index is -0.383. The summed E-state index contributed by atoms with van der Waals surface area (Å²) in [5, 5.41) is 9.02. The van der Waals surface area contributed by atoms with Crippen LogP contribution in [-0.4, -0.2) is 5.11 Å². The molecule has 0 atom stereocenters. The van der Waals surface area contributed by atoms with Crippen molar-refractivity contribution in [1.29, 1.82) is 0 Å². The van der Waals surface area contributed by atoms with Gasteiger partial charge in [-0.05, 0) is 48.7 Å². The molecule has 0 bridgehead atoms. The Morgan fingerprint density at radius 3 is 2.50 bits per heavy atom. The fourth-order valence-electron chi connectivity index (χ4n) is 1.73. The molecule has 3 heteroatoms. The third kappa shape index (κ3) is 2.68. The van der Waals surface area contributed by atoms with E-state index in [1.807, 2.05) is 19.9 Å². The van der Waals surface area contributed by atoms with Crippen LogP contribution in [0, 0.1) is 19.7 Å². The molecular formula is C15H15FO2. The van der Waals surface area contributed by atoms with Crippen molar-refractivity contribution in [1.82, 2.24) is 0 Å². The van der Waals surface area contributed by atoms with E-state index in [2.05, 4.69) is 0 Å². The van der Waals surface area contributed by atoms with Gasteiger partial charge in [0.05, 0.1) is 6.61 Å². The lowest BCUT2D eigenvalue weighted by atomic mass is 10.1. The van der Waals surface area contributed by atoms with Crippen molar-refractivity contribution < 1.29 is 14.2 Å². The van der Waals surface area contributed by atoms with E-state index in [-0.39, 0.29) is 18.2 Å². The van der Waals surface area contributed by atoms with E-state index in [1.165, 1.54) is 6.07 Å². The Morgan fingerprint density at radius 1 is 1.06 bits per heavy atom. The predicted octanol–water partition coefficient (Wildman–Crippen LogP) is 3.73. The molecule has 0 aliphatic carbocycles. The predicted molar refractivity (Wildman–Crippen MR) is 68.3 cm³/mol. The Bertz CT molecular complexity index is 564. The van der Waals surface area contributed by atoms with Crippen molar-refractivity contribution >= 4 is 0 Å². The van der Waals surface area contributed by atoms with Gasteiger partial charge in [0.25, 0.3) is 0 Å². The minimum Gasteiger partial charge on any atom is -0.454 e. The van der Waals surface area contributed by atoms with Gasteiger partial charge in [0.2, 0.25) is 0 Å². The Balaban J connectivity index is 2.31. The molecule has 1 N–H and O–H groups in total. The van der Waals surface area contributed by atoms with Crippen LogP contribution in [0.15, 0.2) is 36.4 Å². The lowest BCUT2D eigenvalue weighted by Gasteiger charge is -2.11. The minimum absolute atomic E-state index is 0.0140. The van der Waals surface area contributed by atoms with Crippen LogP contribution >= 0.6 is 0 Å². The van der Waals surface area contributed by atoms with Gasteiger partial charge >= 0.3 is 0 Å². The van der Waals surface area contributed by atoms with Crippen LogP contribution in [0.4, 0.5) is 4.39 Å². The van der Waals surface area contributed by atoms with Crippen LogP contribution in [0.25, 0.3) is 0 Å². The SMILES string of the molecule is Cc1ccc(F)c(Oc2ccc(CO)cc2C)c1. The zero-order chi connectivity index (χ0) is 13.1. The Hall–Kier alpha value is -1.87. The Labute approximate surface area is 106 Å². The number of ether oxygens (including phenoxy) is 1. The van der Waals surface area contributed by atoms with E-state index in [0.29, 0.717) is 5.75 Å². The van der Waals surface area contributed by atoms with E-state index in [9.17, 15) is 4.39 Å². The molecule has 0 radical (unpaired) electrons. The molecule has 0 aromatic heterocycles. The first-order valence-corrected chi connectivity index (χ1v) is 5.74. The lowest BCUT2D eigenvalue weighted by Crippen LogP contribution is -1.93. The summed E-state index contributed by atoms with van der Waals surface area (Å²) < 4.78 is 19.1. The van der Waals surface area contributed by atoms with Gasteiger partial charge in [-0.25, -0.2) is 4.39 Å². The fraction of sp³-hybridized carbons (Fsp3) is 0.200. The quantitative estimate of drug-likeness (QED) is 0.894. The van der Waals surface area contributed by atoms with Crippen molar-refractivity contribution in [3.63, 3.8) is 0 Å². The molecule has 2 nitrogen and oxygen atoms in total. The first kappa shape index (κ1) is 12.6. The number of hydrogen-bond donors (Lipinski definition) is 1. The molecular weight excluding hydrogens is 231 g/mol. The highest BCUT2D eigenvalue weighted by Gasteiger charge is 2.07. The number of benzene rings is 2. The number of aliphatic hydroxyl groups excluding tert-OH is 1. The summed E-state index contributed by atoms with van der Waals surface area (Å²) >= 11 is 0. The zero-order valence-corrected chi connectivity index (χ0v) is 10.4. The summed E-state index contributed by atoms with van der Waals surface area (Å²) in [4.78, 5) is 0. The van der Waals surface area contributed by atoms with E-state index in [4.69, 9.17) is 9.84 Å². The average Bonchev–Trinajstić information content (AvgIpc) is 2.36. The second kappa shape index (κ2) is 5.19. The maximum Gasteiger partial charge on any atom is 0.165 e. The largest absolute Gasteiger partial charge is 0.454 e. The van der Waals surface area contributed by atoms with Crippen molar-refractivity contribution in [3.8, 4) is 11.5 Å². The van der Waals surface area contributed by atoms with Crippen molar-refractivity contribution in [3.05, 3.63) is 58.9 Å². The van der Waals surface area contributed by atoms with Crippen molar-refractivity contribution in [2.75, 3.05) is 0 Å². The highest BCUT2D eigenvalue weighted by Crippen LogP contribution is 2.28. The molecule has 2 aromatic rings. The van der Waals surface area contributed by atoms with E-state index in [0.717, 1.165) is 16.7 Å². The molecule has 0 heterocycles. The average molecular weight is 246 g/mol. The molecule has 0 fully saturated rings. The molecule has 0 unspecified atom stereocenters. The van der Waals surface area contributed by atoms with Crippen LogP contribution in [0.1, 0.15) is 16.7 Å². The van der Waals surface area contributed by atoms with Crippen molar-refractivity contribution in [2.45, 2.75) is 20.5 Å². The third-order valence-corrected chi connectivity index (χ3v) is 2.73. The molecule has 2 aromatic carbocycles. The molecule has 2 rings (SSSR count). The van der Waals surface area contributed by atoms with E-state index >= 15 is 0 Å². The number of halogens is 1. The van der Waals surface area contributed by atoms with Crippen LogP contribution < -0.4 is 4.74 Å². The topological polar surface area (TPSA) is 29.5 Å². The van der Waals surface area contributed by atoms with Gasteiger partial charge in [-0.3, -0.25) is 0 Å². The molecule has 0 spiro atoms. The summed E-state index contributed by atoms with van der Waals surface area (Å²) in [7, 11) is 0. The molecule has 0 aliphatic heterocycles. The van der Waals surface area contributed by atoms with Crippen LogP contribution in [0.5, 0.6) is 11.5 Å². The smallest absolute Gasteiger partial charge is 0.165 e. The monoisotopic (exact) mass is 246 g/mol. The summed E-state index contributed by atoms with van der Waals surface area (Å²) in [6.07, 6.45) is 0. The summed E-state index contributed by atoms with van der Waals surface area (Å²) in [6, 6.07) is 10.1. The van der Waals surface area contributed by atoms with Gasteiger partial charge in [-0.2, -0.15) is 0 Å². The summed E-state index contributed by atoms with van der Waals surface area (Å²) in [5.41, 5.74) is 2.61. The molecule has 0 saturated heterocycles. The molecule has 0 amide bonds. The Morgan fingerprint density at radius 2 is 1.83 bits per heavy atom. The molecule has 0 aliphatic rings. The van der Waals surface area contributed by atoms with E-state index < -0.39 is 0 Å². The zero-order valence-electron chi connectivity index (χ0n) is 10.4. The number of rotatable bonds is 3. The number of aliphatic hydroxyl groups is 1. The number of hydrogen-bond acceptors (Lipinski definition) is 2. The highest BCUT2D eigenvalue weighted by molar-refractivity contribution is 5.40. The maximum atomic E-state index is 13.6. The molecule has 94 valence electrons. The van der Waals surface area contributed by atoms with Gasteiger partial charge in [0.15, 0.2) is 11.6 Å². The second-order valence-electron chi connectivity index (χ2n) is 4.29. The summed E-state index contributed by atoms with van der Waals surface area (Å²) in [6.45, 7) is 3.73. The van der Waals surface area contributed by atoms with E-state index in [1.54, 1.807) is 24.3 Å². The first-order valence-electron chi connectivity index (χ1n) is 5.74.